The van der Waals surface area contributed by atoms with Crippen molar-refractivity contribution in [3.8, 4) is 5.75 Å². The van der Waals surface area contributed by atoms with E-state index < -0.39 is 0 Å². The van der Waals surface area contributed by atoms with Crippen LogP contribution in [0.2, 0.25) is 0 Å². The summed E-state index contributed by atoms with van der Waals surface area (Å²) in [6, 6.07) is 72.4. The molecule has 0 bridgehead atoms. The SMILES string of the molecule is CC(C)N=C(NC(C)C)NC(C)C.CN(C)C(=NC1CCCCC1)NC1CCCCC1.COc1ccc(N=C(Nc2ccccc2)Nc2ccccc2)cc1.c1ccc(N(C(=NC2CCCCC2)NC2CCCCC2)c2ccccc2)cc1.c1ccc(N=C(Nc2ccccc2)N2CCOCC2)cc1. The molecule has 1 saturated heterocycles. The summed E-state index contributed by atoms with van der Waals surface area (Å²) in [5.74, 6) is 5.39. The molecular weight excluding hydrogens is 1290 g/mol. The van der Waals surface area contributed by atoms with Crippen LogP contribution >= 0.6 is 0 Å². The molecule has 4 aliphatic carbocycles. The van der Waals surface area contributed by atoms with Gasteiger partial charge in [0.05, 0.1) is 43.8 Å². The average molecular weight is 1410 g/mol. The van der Waals surface area contributed by atoms with E-state index in [-0.39, 0.29) is 0 Å². The number of para-hydroxylation sites is 6. The minimum absolute atomic E-state index is 0.326. The molecule has 558 valence electrons. The Hall–Kier alpha value is -9.35. The Kier molecular flexibility index (Phi) is 35.8. The predicted octanol–water partition coefficient (Wildman–Crippen LogP) is 19.4. The molecule has 104 heavy (non-hydrogen) atoms. The van der Waals surface area contributed by atoms with Crippen molar-refractivity contribution in [3.63, 3.8) is 0 Å². The zero-order valence-corrected chi connectivity index (χ0v) is 64.0. The fourth-order valence-electron chi connectivity index (χ4n) is 13.0. The Bertz CT molecular complexity index is 3450. The summed E-state index contributed by atoms with van der Waals surface area (Å²) in [4.78, 5) is 30.8. The first-order valence-corrected chi connectivity index (χ1v) is 38.8. The maximum atomic E-state index is 5.43. The van der Waals surface area contributed by atoms with Gasteiger partial charge in [0.25, 0.3) is 0 Å². The van der Waals surface area contributed by atoms with Gasteiger partial charge in [0.1, 0.15) is 5.75 Å². The van der Waals surface area contributed by atoms with Crippen LogP contribution in [0.4, 0.5) is 39.8 Å². The quantitative estimate of drug-likeness (QED) is 0.0383. The van der Waals surface area contributed by atoms with Gasteiger partial charge < -0.3 is 56.5 Å². The largest absolute Gasteiger partial charge is 0.497 e. The highest BCUT2D eigenvalue weighted by molar-refractivity contribution is 6.05. The van der Waals surface area contributed by atoms with E-state index in [4.69, 9.17) is 24.5 Å². The van der Waals surface area contributed by atoms with E-state index in [1.54, 1.807) is 7.11 Å². The number of ether oxygens (including phenoxy) is 2. The van der Waals surface area contributed by atoms with E-state index in [0.29, 0.717) is 48.3 Å². The number of hydrogen-bond acceptors (Lipinski definition) is 7. The molecule has 12 rings (SSSR count). The first-order valence-electron chi connectivity index (χ1n) is 38.8. The number of benzene rings is 7. The number of anilines is 5. The summed E-state index contributed by atoms with van der Waals surface area (Å²) >= 11 is 0. The number of morpholine rings is 1. The minimum atomic E-state index is 0.326. The van der Waals surface area contributed by atoms with Gasteiger partial charge in [0.2, 0.25) is 17.9 Å². The molecule has 0 amide bonds. The highest BCUT2D eigenvalue weighted by atomic mass is 16.5. The van der Waals surface area contributed by atoms with Crippen LogP contribution in [-0.4, -0.2) is 129 Å². The van der Waals surface area contributed by atoms with E-state index in [0.717, 1.165) is 84.3 Å². The van der Waals surface area contributed by atoms with Crippen molar-refractivity contribution in [2.45, 2.75) is 212 Å². The van der Waals surface area contributed by atoms with Crippen molar-refractivity contribution in [3.05, 3.63) is 206 Å². The molecule has 7 aromatic carbocycles. The van der Waals surface area contributed by atoms with Crippen LogP contribution in [-0.2, 0) is 4.74 Å². The molecule has 1 aliphatic heterocycles. The first-order chi connectivity index (χ1) is 50.8. The van der Waals surface area contributed by atoms with Gasteiger partial charge in [-0.05, 0) is 190 Å². The van der Waals surface area contributed by atoms with E-state index in [1.807, 2.05) is 146 Å². The standard InChI is InChI=1S/C25H33N3.C20H19N3O.C17H19N3O.C15H29N3.C10H23N3/c1-5-13-21(14-6-1)26-25(27-22-15-7-2-8-16-22)28(23-17-9-3-10-18-23)24-19-11-4-12-20-24;1-24-19-14-12-18(13-15-19)23-20(21-16-8-4-2-5-9-16)22-17-10-6-3-7-11-17;1-3-7-15(8-4-1)18-17(20-11-13-21-14-12-20)19-16-9-5-2-6-10-16;1-18(2)15(16-13-9-5-3-6-10-13)17-14-11-7-4-8-12-14;1-7(2)11-10(12-8(3)4)13-9(5)6/h3-4,9-12,17-22H,1-2,5-8,13-16H2,(H,26,27);2-15H,1H3,(H2,21,22,23);1-10H,11-14H2,(H,18,19);13-14H,3-12H2,1-2H3,(H,16,17);7-9H,1-6H3,(H2,11,12,13). The lowest BCUT2D eigenvalue weighted by molar-refractivity contribution is 0.0680. The van der Waals surface area contributed by atoms with E-state index in [2.05, 4.69) is 178 Å². The number of nitrogens with one attached hydrogen (secondary N) is 7. The molecule has 5 aliphatic rings. The Balaban J connectivity index is 0.000000168. The Morgan fingerprint density at radius 3 is 1.20 bits per heavy atom. The lowest BCUT2D eigenvalue weighted by Crippen LogP contribution is -2.45. The molecule has 4 saturated carbocycles. The molecule has 1 heterocycles. The van der Waals surface area contributed by atoms with Crippen molar-refractivity contribution in [1.29, 1.82) is 0 Å². The van der Waals surface area contributed by atoms with Gasteiger partial charge in [-0.3, -0.25) is 9.89 Å². The van der Waals surface area contributed by atoms with Gasteiger partial charge in [0, 0.05) is 85.8 Å². The first kappa shape index (κ1) is 80.3. The van der Waals surface area contributed by atoms with E-state index in [1.165, 1.54) is 140 Å². The van der Waals surface area contributed by atoms with Gasteiger partial charge in [-0.2, -0.15) is 0 Å². The molecule has 0 radical (unpaired) electrons. The molecule has 0 aromatic heterocycles. The summed E-state index contributed by atoms with van der Waals surface area (Å²) in [5.41, 5.74) is 7.10. The highest BCUT2D eigenvalue weighted by Gasteiger charge is 2.25. The average Bonchev–Trinajstić information content (AvgIpc) is 0.817. The third-order valence-electron chi connectivity index (χ3n) is 18.3. The van der Waals surface area contributed by atoms with Crippen molar-refractivity contribution in [1.82, 2.24) is 31.1 Å². The monoisotopic (exact) mass is 1410 g/mol. The van der Waals surface area contributed by atoms with Gasteiger partial charge in [-0.1, -0.05) is 186 Å². The zero-order valence-electron chi connectivity index (χ0n) is 64.0. The van der Waals surface area contributed by atoms with Crippen molar-refractivity contribution < 1.29 is 9.47 Å². The number of guanidine groups is 5. The Morgan fingerprint density at radius 1 is 0.423 bits per heavy atom. The minimum Gasteiger partial charge on any atom is -0.497 e. The number of rotatable bonds is 15. The van der Waals surface area contributed by atoms with Crippen molar-refractivity contribution in [2.24, 2.45) is 25.0 Å². The summed E-state index contributed by atoms with van der Waals surface area (Å²) in [5, 5.41) is 24.2. The van der Waals surface area contributed by atoms with Crippen LogP contribution in [0.15, 0.2) is 231 Å². The molecular formula is C87H123N15O2. The highest BCUT2D eigenvalue weighted by Crippen LogP contribution is 2.30. The van der Waals surface area contributed by atoms with Crippen LogP contribution in [0.25, 0.3) is 0 Å². The molecule has 7 N–H and O–H groups in total. The van der Waals surface area contributed by atoms with Gasteiger partial charge >= 0.3 is 0 Å². The molecule has 0 atom stereocenters. The molecule has 5 fully saturated rings. The maximum absolute atomic E-state index is 5.43. The van der Waals surface area contributed by atoms with Crippen molar-refractivity contribution >= 4 is 69.6 Å². The third-order valence-corrected chi connectivity index (χ3v) is 18.3. The van der Waals surface area contributed by atoms with Crippen LogP contribution in [0.5, 0.6) is 5.75 Å². The van der Waals surface area contributed by atoms with Crippen LogP contribution in [0, 0.1) is 0 Å². The second kappa shape index (κ2) is 46.4. The fourth-order valence-corrected chi connectivity index (χ4v) is 13.0. The Morgan fingerprint density at radius 2 is 0.798 bits per heavy atom. The molecule has 0 spiro atoms. The second-order valence-corrected chi connectivity index (χ2v) is 28.5. The maximum Gasteiger partial charge on any atom is 0.205 e. The van der Waals surface area contributed by atoms with E-state index in [9.17, 15) is 0 Å². The van der Waals surface area contributed by atoms with Gasteiger partial charge in [-0.25, -0.2) is 20.0 Å². The normalized spacial score (nSPS) is 16.2. The fraction of sp³-hybridized carbons (Fsp3) is 0.460. The van der Waals surface area contributed by atoms with Crippen LogP contribution in [0.1, 0.15) is 170 Å². The summed E-state index contributed by atoms with van der Waals surface area (Å²) in [7, 11) is 5.87. The third kappa shape index (κ3) is 30.9. The lowest BCUT2D eigenvalue weighted by Gasteiger charge is -2.33. The van der Waals surface area contributed by atoms with E-state index >= 15 is 0 Å². The topological polar surface area (TPSA) is 174 Å². The molecule has 0 unspecified atom stereocenters. The second-order valence-electron chi connectivity index (χ2n) is 28.5. The smallest absolute Gasteiger partial charge is 0.205 e. The number of nitrogens with zero attached hydrogens (tertiary/aromatic N) is 8. The van der Waals surface area contributed by atoms with Crippen LogP contribution in [0.3, 0.4) is 0 Å². The molecule has 7 aromatic rings. The molecule has 17 nitrogen and oxygen atoms in total. The number of methoxy groups -OCH3 is 1. The Labute approximate surface area is 624 Å². The van der Waals surface area contributed by atoms with Gasteiger partial charge in [0.15, 0.2) is 11.9 Å². The number of aliphatic imine (C=N–C) groups is 5. The van der Waals surface area contributed by atoms with Crippen LogP contribution < -0.4 is 46.9 Å². The van der Waals surface area contributed by atoms with Gasteiger partial charge in [-0.15, -0.1) is 0 Å². The summed E-state index contributed by atoms with van der Waals surface area (Å²) in [6.07, 6.45) is 26.4. The number of hydrogen-bond donors (Lipinski definition) is 7. The summed E-state index contributed by atoms with van der Waals surface area (Å²) < 4.78 is 10.6. The molecule has 17 heteroatoms. The van der Waals surface area contributed by atoms with Crippen molar-refractivity contribution in [2.75, 3.05) is 68.4 Å². The lowest BCUT2D eigenvalue weighted by atomic mass is 9.95. The summed E-state index contributed by atoms with van der Waals surface area (Å²) in [6.45, 7) is 15.8. The predicted molar refractivity (Wildman–Crippen MR) is 443 cm³/mol. The zero-order chi connectivity index (χ0) is 73.2.